The predicted octanol–water partition coefficient (Wildman–Crippen LogP) is 3.97. The Bertz CT molecular complexity index is 1220. The molecule has 0 aliphatic carbocycles. The molecule has 30 heavy (non-hydrogen) atoms. The number of carboxylic acid groups (broad SMARTS) is 1. The Morgan fingerprint density at radius 1 is 1.30 bits per heavy atom. The van der Waals surface area contributed by atoms with Crippen LogP contribution >= 0.6 is 31.9 Å². The maximum Gasteiger partial charge on any atom is 0.344 e. The Hall–Kier alpha value is -2.72. The normalized spacial score (nSPS) is 12.3. The van der Waals surface area contributed by atoms with E-state index in [0.29, 0.717) is 32.5 Å². The van der Waals surface area contributed by atoms with E-state index in [1.54, 1.807) is 31.2 Å². The van der Waals surface area contributed by atoms with Crippen molar-refractivity contribution in [1.82, 2.24) is 9.66 Å². The Kier molecular flexibility index (Phi) is 6.57. The van der Waals surface area contributed by atoms with Gasteiger partial charge in [0.15, 0.2) is 17.6 Å². The average Bonchev–Trinajstić information content (AvgIpc) is 2.69. The smallest absolute Gasteiger partial charge is 0.344 e. The Morgan fingerprint density at radius 2 is 2.03 bits per heavy atom. The summed E-state index contributed by atoms with van der Waals surface area (Å²) >= 11 is 6.73. The number of fused-ring (bicyclic) bond motifs is 1. The summed E-state index contributed by atoms with van der Waals surface area (Å²) in [7, 11) is 1.45. The topological polar surface area (TPSA) is 103 Å². The van der Waals surface area contributed by atoms with Crippen molar-refractivity contribution in [2.75, 3.05) is 7.11 Å². The first-order chi connectivity index (χ1) is 14.2. The summed E-state index contributed by atoms with van der Waals surface area (Å²) in [4.78, 5) is 28.3. The summed E-state index contributed by atoms with van der Waals surface area (Å²) in [5, 5.41) is 13.8. The van der Waals surface area contributed by atoms with E-state index >= 15 is 0 Å². The van der Waals surface area contributed by atoms with Gasteiger partial charge in [0.2, 0.25) is 0 Å². The maximum atomic E-state index is 12.8. The number of hydrogen-bond acceptors (Lipinski definition) is 6. The molecule has 0 aliphatic heterocycles. The van der Waals surface area contributed by atoms with Gasteiger partial charge in [0.1, 0.15) is 5.82 Å². The molecule has 156 valence electrons. The minimum atomic E-state index is -1.10. The van der Waals surface area contributed by atoms with E-state index in [1.807, 2.05) is 6.07 Å². The molecule has 3 rings (SSSR count). The summed E-state index contributed by atoms with van der Waals surface area (Å²) in [6.07, 6.45) is 0.427. The number of carbonyl (C=O) groups is 1. The first kappa shape index (κ1) is 22.0. The lowest BCUT2D eigenvalue weighted by Gasteiger charge is -2.16. The van der Waals surface area contributed by atoms with Crippen molar-refractivity contribution >= 4 is 54.9 Å². The number of methoxy groups -OCH3 is 1. The van der Waals surface area contributed by atoms with Gasteiger partial charge in [-0.25, -0.2) is 9.78 Å². The SMILES string of the molecule is COc1cc(C=Nn2c(C)nc3ccc(Br)cc3c2=O)cc(Br)c1O[C@@H](C)C(=O)O. The van der Waals surface area contributed by atoms with E-state index in [2.05, 4.69) is 41.9 Å². The molecule has 8 nitrogen and oxygen atoms in total. The quantitative estimate of drug-likeness (QED) is 0.476. The van der Waals surface area contributed by atoms with Gasteiger partial charge < -0.3 is 14.6 Å². The third kappa shape index (κ3) is 4.54. The molecule has 0 saturated heterocycles. The molecule has 0 unspecified atom stereocenters. The molecule has 1 N–H and O–H groups in total. The number of halogens is 2. The van der Waals surface area contributed by atoms with Crippen molar-refractivity contribution in [3.8, 4) is 11.5 Å². The van der Waals surface area contributed by atoms with Gasteiger partial charge in [0.05, 0.1) is 28.7 Å². The molecule has 1 heterocycles. The molecule has 10 heteroatoms. The van der Waals surface area contributed by atoms with E-state index in [0.717, 1.165) is 4.47 Å². The maximum absolute atomic E-state index is 12.8. The van der Waals surface area contributed by atoms with Crippen LogP contribution in [-0.4, -0.2) is 40.2 Å². The highest BCUT2D eigenvalue weighted by Gasteiger charge is 2.18. The molecule has 0 fully saturated rings. The van der Waals surface area contributed by atoms with Crippen LogP contribution in [-0.2, 0) is 4.79 Å². The fourth-order valence-corrected chi connectivity index (χ4v) is 3.59. The van der Waals surface area contributed by atoms with Crippen LogP contribution in [0.25, 0.3) is 10.9 Å². The molecule has 0 amide bonds. The van der Waals surface area contributed by atoms with Gasteiger partial charge in [-0.3, -0.25) is 4.79 Å². The first-order valence-electron chi connectivity index (χ1n) is 8.71. The number of rotatable bonds is 6. The summed E-state index contributed by atoms with van der Waals surface area (Å²) in [5.41, 5.74) is 0.900. The molecular weight excluding hydrogens is 522 g/mol. The fourth-order valence-electron chi connectivity index (χ4n) is 2.68. The second-order valence-electron chi connectivity index (χ2n) is 6.31. The van der Waals surface area contributed by atoms with Crippen molar-refractivity contribution in [2.24, 2.45) is 5.10 Å². The Morgan fingerprint density at radius 3 is 2.70 bits per heavy atom. The Labute approximate surface area is 188 Å². The predicted molar refractivity (Wildman–Crippen MR) is 120 cm³/mol. The van der Waals surface area contributed by atoms with Crippen LogP contribution in [0.3, 0.4) is 0 Å². The van der Waals surface area contributed by atoms with E-state index in [4.69, 9.17) is 14.6 Å². The zero-order valence-corrected chi connectivity index (χ0v) is 19.4. The highest BCUT2D eigenvalue weighted by molar-refractivity contribution is 9.10. The van der Waals surface area contributed by atoms with Gasteiger partial charge >= 0.3 is 5.97 Å². The fraction of sp³-hybridized carbons (Fsp3) is 0.200. The van der Waals surface area contributed by atoms with Crippen molar-refractivity contribution < 1.29 is 19.4 Å². The van der Waals surface area contributed by atoms with E-state index in [9.17, 15) is 9.59 Å². The van der Waals surface area contributed by atoms with Crippen molar-refractivity contribution in [3.05, 3.63) is 61.0 Å². The van der Waals surface area contributed by atoms with Crippen LogP contribution in [0, 0.1) is 6.92 Å². The molecule has 0 saturated carbocycles. The lowest BCUT2D eigenvalue weighted by molar-refractivity contribution is -0.144. The van der Waals surface area contributed by atoms with Crippen LogP contribution in [0.1, 0.15) is 18.3 Å². The summed E-state index contributed by atoms with van der Waals surface area (Å²) in [6.45, 7) is 3.12. The Balaban J connectivity index is 2.01. The minimum absolute atomic E-state index is 0.259. The van der Waals surface area contributed by atoms with Gasteiger partial charge in [0.25, 0.3) is 5.56 Å². The van der Waals surface area contributed by atoms with Gasteiger partial charge in [-0.05, 0) is 65.7 Å². The van der Waals surface area contributed by atoms with Crippen molar-refractivity contribution in [1.29, 1.82) is 0 Å². The molecule has 0 spiro atoms. The van der Waals surface area contributed by atoms with Gasteiger partial charge in [-0.2, -0.15) is 9.78 Å². The molecule has 0 radical (unpaired) electrons. The minimum Gasteiger partial charge on any atom is -0.493 e. The monoisotopic (exact) mass is 537 g/mol. The molecule has 1 atom stereocenters. The van der Waals surface area contributed by atoms with E-state index in [-0.39, 0.29) is 11.3 Å². The standard InChI is InChI=1S/C20H17Br2N3O5/c1-10(20(27)28)30-18-15(22)6-12(7-17(18)29-3)9-23-25-11(2)24-16-5-4-13(21)8-14(16)19(25)26/h4-10H,1-3H3,(H,27,28)/t10-/m0/s1. The average molecular weight is 539 g/mol. The van der Waals surface area contributed by atoms with Gasteiger partial charge in [-0.15, -0.1) is 0 Å². The van der Waals surface area contributed by atoms with Crippen LogP contribution < -0.4 is 15.0 Å². The van der Waals surface area contributed by atoms with Gasteiger partial charge in [0, 0.05) is 4.47 Å². The second kappa shape index (κ2) is 8.97. The van der Waals surface area contributed by atoms with Crippen LogP contribution in [0.4, 0.5) is 0 Å². The molecule has 3 aromatic rings. The lowest BCUT2D eigenvalue weighted by Crippen LogP contribution is -2.23. The largest absolute Gasteiger partial charge is 0.493 e. The highest BCUT2D eigenvalue weighted by Crippen LogP contribution is 2.37. The molecule has 0 bridgehead atoms. The molecule has 1 aromatic heterocycles. The number of carboxylic acids is 1. The third-order valence-electron chi connectivity index (χ3n) is 4.19. The third-order valence-corrected chi connectivity index (χ3v) is 5.27. The number of aromatic nitrogens is 2. The number of benzene rings is 2. The molecule has 0 aliphatic rings. The first-order valence-corrected chi connectivity index (χ1v) is 10.3. The van der Waals surface area contributed by atoms with Crippen LogP contribution in [0.5, 0.6) is 11.5 Å². The zero-order chi connectivity index (χ0) is 22.0. The summed E-state index contributed by atoms with van der Waals surface area (Å²) < 4.78 is 13.3. The van der Waals surface area contributed by atoms with Crippen molar-refractivity contribution in [3.63, 3.8) is 0 Å². The number of aliphatic carboxylic acids is 1. The second-order valence-corrected chi connectivity index (χ2v) is 8.08. The summed E-state index contributed by atoms with van der Waals surface area (Å²) in [6, 6.07) is 8.59. The molecular formula is C20H17Br2N3O5. The van der Waals surface area contributed by atoms with Gasteiger partial charge in [-0.1, -0.05) is 15.9 Å². The number of hydrogen-bond donors (Lipinski definition) is 1. The summed E-state index contributed by atoms with van der Waals surface area (Å²) in [5.74, 6) is -0.0779. The van der Waals surface area contributed by atoms with Crippen LogP contribution in [0.15, 0.2) is 49.2 Å². The number of aryl methyl sites for hydroxylation is 1. The van der Waals surface area contributed by atoms with E-state index < -0.39 is 12.1 Å². The number of nitrogens with zero attached hydrogens (tertiary/aromatic N) is 3. The zero-order valence-electron chi connectivity index (χ0n) is 16.2. The van der Waals surface area contributed by atoms with Crippen LogP contribution in [0.2, 0.25) is 0 Å². The highest BCUT2D eigenvalue weighted by atomic mass is 79.9. The number of ether oxygens (including phenoxy) is 2. The molecule has 2 aromatic carbocycles. The van der Waals surface area contributed by atoms with Crippen molar-refractivity contribution in [2.45, 2.75) is 20.0 Å². The van der Waals surface area contributed by atoms with E-state index in [1.165, 1.54) is 24.9 Å². The lowest BCUT2D eigenvalue weighted by atomic mass is 10.2.